The maximum absolute atomic E-state index is 11.3. The van der Waals surface area contributed by atoms with Crippen molar-refractivity contribution in [2.45, 2.75) is 51.1 Å². The zero-order valence-electron chi connectivity index (χ0n) is 13.5. The Morgan fingerprint density at radius 1 is 1.45 bits per heavy atom. The van der Waals surface area contributed by atoms with Gasteiger partial charge in [0.25, 0.3) is 0 Å². The molecule has 0 saturated carbocycles. The molecule has 0 amide bonds. The summed E-state index contributed by atoms with van der Waals surface area (Å²) >= 11 is 0. The first kappa shape index (κ1) is 17.4. The Morgan fingerprint density at radius 3 is 2.55 bits per heavy atom. The normalized spacial score (nSPS) is 21.1. The summed E-state index contributed by atoms with van der Waals surface area (Å²) in [6.07, 6.45) is 4.03. The van der Waals surface area contributed by atoms with Crippen LogP contribution in [0, 0.1) is 0 Å². The summed E-state index contributed by atoms with van der Waals surface area (Å²) in [5, 5.41) is 12.4. The zero-order valence-corrected chi connectivity index (χ0v) is 13.5. The maximum Gasteiger partial charge on any atom is 0.323 e. The van der Waals surface area contributed by atoms with Crippen molar-refractivity contribution in [1.29, 1.82) is 0 Å². The van der Waals surface area contributed by atoms with Crippen molar-refractivity contribution in [3.05, 3.63) is 0 Å². The van der Waals surface area contributed by atoms with Gasteiger partial charge in [0.15, 0.2) is 0 Å². The van der Waals surface area contributed by atoms with E-state index < -0.39 is 11.5 Å². The van der Waals surface area contributed by atoms with Crippen LogP contribution in [0.4, 0.5) is 0 Å². The second-order valence-electron chi connectivity index (χ2n) is 6.29. The first-order valence-electron chi connectivity index (χ1n) is 7.76. The smallest absolute Gasteiger partial charge is 0.323 e. The minimum atomic E-state index is -0.789. The Bertz CT molecular complexity index is 303. The van der Waals surface area contributed by atoms with E-state index in [1.165, 1.54) is 25.9 Å². The number of likely N-dealkylation sites (tertiary alicyclic amines) is 1. The van der Waals surface area contributed by atoms with Gasteiger partial charge in [0.2, 0.25) is 0 Å². The van der Waals surface area contributed by atoms with Crippen LogP contribution in [0.25, 0.3) is 0 Å². The molecule has 0 spiro atoms. The fourth-order valence-corrected chi connectivity index (χ4v) is 2.96. The quantitative estimate of drug-likeness (QED) is 0.703. The molecule has 2 N–H and O–H groups in total. The van der Waals surface area contributed by atoms with Crippen molar-refractivity contribution in [2.75, 3.05) is 40.3 Å². The number of likely N-dealkylation sites (N-methyl/N-ethyl adjacent to an activating group) is 1. The van der Waals surface area contributed by atoms with Gasteiger partial charge in [-0.3, -0.25) is 4.79 Å². The molecule has 20 heavy (non-hydrogen) atoms. The third kappa shape index (κ3) is 5.04. The van der Waals surface area contributed by atoms with Crippen LogP contribution < -0.4 is 5.32 Å². The summed E-state index contributed by atoms with van der Waals surface area (Å²) in [6, 6.07) is 0.654. The molecule has 5 heteroatoms. The van der Waals surface area contributed by atoms with Gasteiger partial charge >= 0.3 is 5.97 Å². The number of hydrogen-bond donors (Lipinski definition) is 2. The largest absolute Gasteiger partial charge is 0.480 e. The van der Waals surface area contributed by atoms with Gasteiger partial charge in [0.1, 0.15) is 5.54 Å². The number of hydrogen-bond acceptors (Lipinski definition) is 4. The summed E-state index contributed by atoms with van der Waals surface area (Å²) in [6.45, 7) is 7.73. The van der Waals surface area contributed by atoms with E-state index >= 15 is 0 Å². The standard InChI is InChI=1S/C15H31N3O2/c1-5-16-15(2,14(19)20)9-6-10-18(4)13-7-11-17(3)12-8-13/h13,16H,5-12H2,1-4H3,(H,19,20). The van der Waals surface area contributed by atoms with Crippen LogP contribution in [0.1, 0.15) is 39.5 Å². The molecule has 1 aliphatic rings. The van der Waals surface area contributed by atoms with Crippen molar-refractivity contribution in [3.63, 3.8) is 0 Å². The second kappa shape index (κ2) is 7.96. The fraction of sp³-hybridized carbons (Fsp3) is 0.933. The van der Waals surface area contributed by atoms with Crippen molar-refractivity contribution in [3.8, 4) is 0 Å². The maximum atomic E-state index is 11.3. The molecule has 1 unspecified atom stereocenters. The van der Waals surface area contributed by atoms with Crippen LogP contribution in [0.2, 0.25) is 0 Å². The first-order chi connectivity index (χ1) is 9.39. The topological polar surface area (TPSA) is 55.8 Å². The van der Waals surface area contributed by atoms with Crippen LogP contribution in [0.5, 0.6) is 0 Å². The van der Waals surface area contributed by atoms with Gasteiger partial charge < -0.3 is 20.2 Å². The van der Waals surface area contributed by atoms with Crippen LogP contribution in [-0.2, 0) is 4.79 Å². The van der Waals surface area contributed by atoms with Gasteiger partial charge in [0, 0.05) is 6.04 Å². The predicted molar refractivity (Wildman–Crippen MR) is 82.1 cm³/mol. The zero-order chi connectivity index (χ0) is 15.2. The summed E-state index contributed by atoms with van der Waals surface area (Å²) in [4.78, 5) is 16.1. The number of aliphatic carboxylic acids is 1. The number of carboxylic acid groups (broad SMARTS) is 1. The molecule has 0 bridgehead atoms. The molecule has 0 aromatic heterocycles. The Balaban J connectivity index is 2.33. The molecule has 0 aromatic rings. The van der Waals surface area contributed by atoms with Crippen molar-refractivity contribution in [1.82, 2.24) is 15.1 Å². The Labute approximate surface area is 123 Å². The van der Waals surface area contributed by atoms with Gasteiger partial charge in [-0.15, -0.1) is 0 Å². The summed E-state index contributed by atoms with van der Waals surface area (Å²) in [5.41, 5.74) is -0.789. The molecule has 1 fully saturated rings. The van der Waals surface area contributed by atoms with Gasteiger partial charge in [-0.25, -0.2) is 0 Å². The molecule has 0 aliphatic carbocycles. The lowest BCUT2D eigenvalue weighted by Gasteiger charge is -2.35. The van der Waals surface area contributed by atoms with Crippen LogP contribution >= 0.6 is 0 Å². The number of rotatable bonds is 8. The summed E-state index contributed by atoms with van der Waals surface area (Å²) in [7, 11) is 4.34. The SMILES string of the molecule is CCNC(C)(CCCN(C)C1CCN(C)CC1)C(=O)O. The molecule has 1 atom stereocenters. The number of nitrogens with zero attached hydrogens (tertiary/aromatic N) is 2. The van der Waals surface area contributed by atoms with Crippen LogP contribution in [-0.4, -0.2) is 72.7 Å². The van der Waals surface area contributed by atoms with E-state index in [1.54, 1.807) is 6.92 Å². The van der Waals surface area contributed by atoms with Crippen molar-refractivity contribution >= 4 is 5.97 Å². The van der Waals surface area contributed by atoms with E-state index in [9.17, 15) is 9.90 Å². The van der Waals surface area contributed by atoms with Gasteiger partial charge in [-0.1, -0.05) is 6.92 Å². The van der Waals surface area contributed by atoms with Crippen molar-refractivity contribution < 1.29 is 9.90 Å². The Hall–Kier alpha value is -0.650. The number of carboxylic acids is 1. The lowest BCUT2D eigenvalue weighted by Crippen LogP contribution is -2.50. The molecular formula is C15H31N3O2. The third-order valence-electron chi connectivity index (χ3n) is 4.54. The number of piperidine rings is 1. The molecular weight excluding hydrogens is 254 g/mol. The predicted octanol–water partition coefficient (Wildman–Crippen LogP) is 1.25. The summed E-state index contributed by atoms with van der Waals surface area (Å²) in [5.74, 6) is -0.749. The van der Waals surface area contributed by atoms with E-state index in [0.717, 1.165) is 13.0 Å². The average Bonchev–Trinajstić information content (AvgIpc) is 2.39. The van der Waals surface area contributed by atoms with E-state index in [4.69, 9.17) is 0 Å². The molecule has 1 aliphatic heterocycles. The molecule has 0 radical (unpaired) electrons. The van der Waals surface area contributed by atoms with Gasteiger partial charge in [-0.05, 0) is 72.9 Å². The fourth-order valence-electron chi connectivity index (χ4n) is 2.96. The Kier molecular flexibility index (Phi) is 6.92. The lowest BCUT2D eigenvalue weighted by molar-refractivity contribution is -0.144. The molecule has 118 valence electrons. The van der Waals surface area contributed by atoms with Gasteiger partial charge in [-0.2, -0.15) is 0 Å². The highest BCUT2D eigenvalue weighted by atomic mass is 16.4. The molecule has 1 heterocycles. The third-order valence-corrected chi connectivity index (χ3v) is 4.54. The molecule has 0 aromatic carbocycles. The number of nitrogens with one attached hydrogen (secondary N) is 1. The average molecular weight is 285 g/mol. The Morgan fingerprint density at radius 2 is 2.05 bits per heavy atom. The van der Waals surface area contributed by atoms with E-state index in [0.29, 0.717) is 19.0 Å². The second-order valence-corrected chi connectivity index (χ2v) is 6.29. The highest BCUT2D eigenvalue weighted by Gasteiger charge is 2.31. The van der Waals surface area contributed by atoms with Crippen molar-refractivity contribution in [2.24, 2.45) is 0 Å². The highest BCUT2D eigenvalue weighted by Crippen LogP contribution is 2.17. The molecule has 5 nitrogen and oxygen atoms in total. The van der Waals surface area contributed by atoms with E-state index in [2.05, 4.69) is 29.2 Å². The van der Waals surface area contributed by atoms with Gasteiger partial charge in [0.05, 0.1) is 0 Å². The highest BCUT2D eigenvalue weighted by molar-refractivity contribution is 5.78. The van der Waals surface area contributed by atoms with Crippen LogP contribution in [0.15, 0.2) is 0 Å². The minimum absolute atomic E-state index is 0.654. The van der Waals surface area contributed by atoms with E-state index in [-0.39, 0.29) is 0 Å². The molecule has 1 rings (SSSR count). The lowest BCUT2D eigenvalue weighted by atomic mass is 9.95. The minimum Gasteiger partial charge on any atom is -0.480 e. The van der Waals surface area contributed by atoms with E-state index in [1.807, 2.05) is 6.92 Å². The first-order valence-corrected chi connectivity index (χ1v) is 7.76. The monoisotopic (exact) mass is 285 g/mol. The van der Waals surface area contributed by atoms with Crippen LogP contribution in [0.3, 0.4) is 0 Å². The molecule has 1 saturated heterocycles. The number of carbonyl (C=O) groups is 1. The summed E-state index contributed by atoms with van der Waals surface area (Å²) < 4.78 is 0.